The third kappa shape index (κ3) is 4.35. The zero-order valence-electron chi connectivity index (χ0n) is 20.3. The Labute approximate surface area is 222 Å². The number of hydrogen-bond donors (Lipinski definition) is 1. The molecule has 0 aliphatic carbocycles. The van der Waals surface area contributed by atoms with E-state index in [9.17, 15) is 31.6 Å². The summed E-state index contributed by atoms with van der Waals surface area (Å²) in [5.74, 6) is -3.47. The molecule has 2 aromatic heterocycles. The molecule has 0 bridgehead atoms. The SMILES string of the molecule is N#Cc1ccc2[nH]c(-c3cccc(-c4c5cccc(C(F)(F)F)c5nn4Cc4c(F)cc(F)cc4F)c3)cc2c1. The zero-order chi connectivity index (χ0) is 28.2. The van der Waals surface area contributed by atoms with Crippen molar-refractivity contribution < 1.29 is 26.3 Å². The van der Waals surface area contributed by atoms with Crippen molar-refractivity contribution in [1.82, 2.24) is 14.8 Å². The van der Waals surface area contributed by atoms with Gasteiger partial charge in [0.1, 0.15) is 23.0 Å². The van der Waals surface area contributed by atoms with Crippen LogP contribution < -0.4 is 0 Å². The Morgan fingerprint density at radius 2 is 1.57 bits per heavy atom. The molecule has 0 fully saturated rings. The highest BCUT2D eigenvalue weighted by molar-refractivity contribution is 5.96. The van der Waals surface area contributed by atoms with Crippen LogP contribution in [-0.2, 0) is 12.7 Å². The largest absolute Gasteiger partial charge is 0.418 e. The van der Waals surface area contributed by atoms with Crippen LogP contribution in [0.1, 0.15) is 16.7 Å². The Kier molecular flexibility index (Phi) is 5.88. The van der Waals surface area contributed by atoms with Gasteiger partial charge >= 0.3 is 6.18 Å². The van der Waals surface area contributed by atoms with Crippen LogP contribution in [0.2, 0.25) is 0 Å². The van der Waals surface area contributed by atoms with Crippen molar-refractivity contribution in [3.63, 3.8) is 0 Å². The number of nitrogens with zero attached hydrogens (tertiary/aromatic N) is 3. The van der Waals surface area contributed by atoms with E-state index in [1.807, 2.05) is 6.07 Å². The van der Waals surface area contributed by atoms with Crippen molar-refractivity contribution >= 4 is 21.8 Å². The quantitative estimate of drug-likeness (QED) is 0.227. The van der Waals surface area contributed by atoms with Crippen LogP contribution in [0.4, 0.5) is 26.3 Å². The summed E-state index contributed by atoms with van der Waals surface area (Å²) in [4.78, 5) is 3.26. The molecular formula is C30H16F6N4. The van der Waals surface area contributed by atoms with Gasteiger partial charge in [0.05, 0.1) is 29.4 Å². The molecule has 4 nitrogen and oxygen atoms in total. The first-order valence-electron chi connectivity index (χ1n) is 12.0. The lowest BCUT2D eigenvalue weighted by Gasteiger charge is -2.11. The van der Waals surface area contributed by atoms with E-state index in [1.54, 1.807) is 42.5 Å². The molecule has 6 rings (SSSR count). The molecule has 40 heavy (non-hydrogen) atoms. The summed E-state index contributed by atoms with van der Waals surface area (Å²) in [5, 5.41) is 14.3. The maximum atomic E-state index is 14.6. The molecule has 1 N–H and O–H groups in total. The standard InChI is InChI=1S/C30H16F6N4/c31-20-12-24(32)22(25(33)13-20)15-40-29(21-5-2-6-23(28(21)39-40)30(34,35)36)18-4-1-3-17(10-18)27-11-19-9-16(14-37)7-8-26(19)38-27/h1-13,38H,15H2. The van der Waals surface area contributed by atoms with Crippen LogP contribution in [-0.4, -0.2) is 14.8 Å². The highest BCUT2D eigenvalue weighted by Gasteiger charge is 2.34. The van der Waals surface area contributed by atoms with Crippen molar-refractivity contribution in [2.45, 2.75) is 12.7 Å². The first-order valence-corrected chi connectivity index (χ1v) is 12.0. The predicted molar refractivity (Wildman–Crippen MR) is 138 cm³/mol. The number of nitriles is 1. The van der Waals surface area contributed by atoms with Crippen molar-refractivity contribution in [2.75, 3.05) is 0 Å². The highest BCUT2D eigenvalue weighted by atomic mass is 19.4. The van der Waals surface area contributed by atoms with Crippen LogP contribution in [0.5, 0.6) is 0 Å². The molecule has 0 saturated carbocycles. The van der Waals surface area contributed by atoms with Crippen LogP contribution in [0, 0.1) is 28.8 Å². The van der Waals surface area contributed by atoms with Crippen LogP contribution >= 0.6 is 0 Å². The Morgan fingerprint density at radius 3 is 2.30 bits per heavy atom. The minimum atomic E-state index is -4.73. The van der Waals surface area contributed by atoms with Gasteiger partial charge in [-0.1, -0.05) is 30.3 Å². The monoisotopic (exact) mass is 546 g/mol. The van der Waals surface area contributed by atoms with Gasteiger partial charge < -0.3 is 4.98 Å². The summed E-state index contributed by atoms with van der Waals surface area (Å²) < 4.78 is 85.4. The first-order chi connectivity index (χ1) is 19.1. The predicted octanol–water partition coefficient (Wildman–Crippen LogP) is 8.21. The Morgan fingerprint density at radius 1 is 0.850 bits per heavy atom. The average molecular weight is 546 g/mol. The van der Waals surface area contributed by atoms with E-state index in [1.165, 1.54) is 12.1 Å². The van der Waals surface area contributed by atoms with E-state index < -0.39 is 41.3 Å². The van der Waals surface area contributed by atoms with Gasteiger partial charge in [0.15, 0.2) is 0 Å². The molecule has 0 radical (unpaired) electrons. The first kappa shape index (κ1) is 25.2. The molecule has 198 valence electrons. The topological polar surface area (TPSA) is 57.4 Å². The number of aromatic amines is 1. The van der Waals surface area contributed by atoms with Gasteiger partial charge in [0.2, 0.25) is 0 Å². The number of aromatic nitrogens is 3. The van der Waals surface area contributed by atoms with E-state index in [0.717, 1.165) is 21.7 Å². The fraction of sp³-hybridized carbons (Fsp3) is 0.0667. The Balaban J connectivity index is 1.55. The summed E-state index contributed by atoms with van der Waals surface area (Å²) in [6, 6.07) is 20.6. The normalized spacial score (nSPS) is 11.8. The summed E-state index contributed by atoms with van der Waals surface area (Å²) in [7, 11) is 0. The number of H-pyrrole nitrogens is 1. The number of rotatable bonds is 4. The molecule has 4 aromatic carbocycles. The van der Waals surface area contributed by atoms with Gasteiger partial charge in [-0.25, -0.2) is 13.2 Å². The lowest BCUT2D eigenvalue weighted by molar-refractivity contribution is -0.136. The van der Waals surface area contributed by atoms with Crippen LogP contribution in [0.15, 0.2) is 78.9 Å². The molecule has 0 saturated heterocycles. The second-order valence-corrected chi connectivity index (χ2v) is 9.23. The van der Waals surface area contributed by atoms with E-state index in [-0.39, 0.29) is 16.6 Å². The third-order valence-corrected chi connectivity index (χ3v) is 6.69. The number of nitrogens with one attached hydrogen (secondary N) is 1. The minimum Gasteiger partial charge on any atom is -0.355 e. The Hall–Kier alpha value is -5.04. The molecule has 0 aliphatic rings. The number of benzene rings is 4. The molecule has 2 heterocycles. The maximum absolute atomic E-state index is 14.6. The summed E-state index contributed by atoms with van der Waals surface area (Å²) in [5.41, 5.74) is 1.37. The molecule has 0 aliphatic heterocycles. The highest BCUT2D eigenvalue weighted by Crippen LogP contribution is 2.39. The lowest BCUT2D eigenvalue weighted by atomic mass is 10.0. The van der Waals surface area contributed by atoms with E-state index in [4.69, 9.17) is 0 Å². The number of hydrogen-bond acceptors (Lipinski definition) is 2. The van der Waals surface area contributed by atoms with Gasteiger partial charge in [-0.15, -0.1) is 0 Å². The fourth-order valence-electron chi connectivity index (χ4n) is 4.86. The van der Waals surface area contributed by atoms with E-state index in [2.05, 4.69) is 16.2 Å². The van der Waals surface area contributed by atoms with Crippen molar-refractivity contribution in [3.8, 4) is 28.6 Å². The number of alkyl halides is 3. The summed E-state index contributed by atoms with van der Waals surface area (Å²) in [6.45, 7) is -0.577. The number of fused-ring (bicyclic) bond motifs is 2. The smallest absolute Gasteiger partial charge is 0.355 e. The summed E-state index contributed by atoms with van der Waals surface area (Å²) in [6.07, 6.45) is -4.73. The van der Waals surface area contributed by atoms with Crippen molar-refractivity contribution in [1.29, 1.82) is 5.26 Å². The van der Waals surface area contributed by atoms with Gasteiger partial charge in [-0.3, -0.25) is 4.68 Å². The molecule has 10 heteroatoms. The maximum Gasteiger partial charge on any atom is 0.418 e. The van der Waals surface area contributed by atoms with Gasteiger partial charge in [0.25, 0.3) is 0 Å². The minimum absolute atomic E-state index is 0.130. The van der Waals surface area contributed by atoms with Gasteiger partial charge in [-0.05, 0) is 42.0 Å². The second kappa shape index (κ2) is 9.31. The van der Waals surface area contributed by atoms with E-state index >= 15 is 0 Å². The molecule has 0 atom stereocenters. The average Bonchev–Trinajstić information content (AvgIpc) is 3.51. The van der Waals surface area contributed by atoms with E-state index in [0.29, 0.717) is 34.5 Å². The van der Waals surface area contributed by atoms with Crippen molar-refractivity contribution in [3.05, 3.63) is 113 Å². The van der Waals surface area contributed by atoms with Crippen LogP contribution in [0.3, 0.4) is 0 Å². The zero-order valence-corrected chi connectivity index (χ0v) is 20.3. The lowest BCUT2D eigenvalue weighted by Crippen LogP contribution is -2.09. The molecule has 0 unspecified atom stereocenters. The van der Waals surface area contributed by atoms with Gasteiger partial charge in [0, 0.05) is 45.2 Å². The molecule has 0 amide bonds. The molecule has 0 spiro atoms. The molecular weight excluding hydrogens is 530 g/mol. The summed E-state index contributed by atoms with van der Waals surface area (Å²) >= 11 is 0. The fourth-order valence-corrected chi connectivity index (χ4v) is 4.86. The number of halogens is 6. The molecule has 6 aromatic rings. The van der Waals surface area contributed by atoms with Gasteiger partial charge in [-0.2, -0.15) is 23.5 Å². The second-order valence-electron chi connectivity index (χ2n) is 9.23. The Bertz CT molecular complexity index is 1950. The third-order valence-electron chi connectivity index (χ3n) is 6.69. The van der Waals surface area contributed by atoms with Crippen molar-refractivity contribution in [2.24, 2.45) is 0 Å². The van der Waals surface area contributed by atoms with Crippen LogP contribution in [0.25, 0.3) is 44.3 Å².